The van der Waals surface area contributed by atoms with E-state index in [1.807, 2.05) is 6.07 Å². The van der Waals surface area contributed by atoms with Gasteiger partial charge in [0.2, 0.25) is 5.91 Å². The largest absolute Gasteiger partial charge is 0.508 e. The molecule has 0 atom stereocenters. The topological polar surface area (TPSA) is 49.3 Å². The van der Waals surface area contributed by atoms with E-state index in [0.717, 1.165) is 24.8 Å². The quantitative estimate of drug-likeness (QED) is 0.849. The van der Waals surface area contributed by atoms with Crippen molar-refractivity contribution in [2.75, 3.05) is 5.32 Å². The molecule has 1 saturated carbocycles. The van der Waals surface area contributed by atoms with E-state index in [9.17, 15) is 9.90 Å². The summed E-state index contributed by atoms with van der Waals surface area (Å²) in [6.45, 7) is 0. The Morgan fingerprint density at radius 1 is 1.14 bits per heavy atom. The lowest BCUT2D eigenvalue weighted by Gasteiger charge is -2.41. The Morgan fingerprint density at radius 3 is 2.50 bits per heavy atom. The number of anilines is 1. The summed E-state index contributed by atoms with van der Waals surface area (Å²) in [7, 11) is 0. The molecular formula is C17H15Cl2NO2. The first kappa shape index (κ1) is 15.2. The minimum atomic E-state index is -0.618. The molecule has 3 nitrogen and oxygen atoms in total. The van der Waals surface area contributed by atoms with Crippen LogP contribution < -0.4 is 5.32 Å². The molecule has 0 saturated heterocycles. The van der Waals surface area contributed by atoms with E-state index in [2.05, 4.69) is 5.32 Å². The molecule has 2 aromatic rings. The fraction of sp³-hybridized carbons (Fsp3) is 0.235. The first-order valence-corrected chi connectivity index (χ1v) is 7.83. The maximum Gasteiger partial charge on any atom is 0.235 e. The van der Waals surface area contributed by atoms with Crippen molar-refractivity contribution in [3.63, 3.8) is 0 Å². The lowest BCUT2D eigenvalue weighted by molar-refractivity contribution is -0.124. The van der Waals surface area contributed by atoms with Crippen LogP contribution in [0.5, 0.6) is 5.75 Å². The van der Waals surface area contributed by atoms with E-state index in [1.165, 1.54) is 6.07 Å². The third-order valence-electron chi connectivity index (χ3n) is 4.19. The molecule has 1 fully saturated rings. The number of carbonyl (C=O) groups is 1. The van der Waals surface area contributed by atoms with E-state index in [4.69, 9.17) is 23.2 Å². The Kier molecular flexibility index (Phi) is 4.02. The van der Waals surface area contributed by atoms with Gasteiger partial charge in [-0.2, -0.15) is 0 Å². The van der Waals surface area contributed by atoms with Gasteiger partial charge in [-0.25, -0.2) is 0 Å². The molecule has 2 N–H and O–H groups in total. The average Bonchev–Trinajstić information content (AvgIpc) is 2.40. The minimum absolute atomic E-state index is 0.103. The van der Waals surface area contributed by atoms with Crippen LogP contribution in [0.3, 0.4) is 0 Å². The monoisotopic (exact) mass is 335 g/mol. The van der Waals surface area contributed by atoms with Crippen molar-refractivity contribution in [1.29, 1.82) is 0 Å². The Hall–Kier alpha value is -1.71. The maximum atomic E-state index is 12.8. The van der Waals surface area contributed by atoms with E-state index in [1.54, 1.807) is 30.3 Å². The second-order valence-electron chi connectivity index (χ2n) is 5.56. The van der Waals surface area contributed by atoms with E-state index < -0.39 is 5.41 Å². The molecule has 0 aromatic heterocycles. The number of hydrogen-bond donors (Lipinski definition) is 2. The molecule has 1 aliphatic rings. The molecule has 0 aliphatic heterocycles. The highest BCUT2D eigenvalue weighted by molar-refractivity contribution is 6.35. The first-order valence-electron chi connectivity index (χ1n) is 7.07. The minimum Gasteiger partial charge on any atom is -0.508 e. The highest BCUT2D eigenvalue weighted by atomic mass is 35.5. The van der Waals surface area contributed by atoms with Crippen molar-refractivity contribution in [1.82, 2.24) is 0 Å². The van der Waals surface area contributed by atoms with Crippen LogP contribution in [0.1, 0.15) is 24.8 Å². The van der Waals surface area contributed by atoms with Crippen LogP contribution >= 0.6 is 23.2 Å². The zero-order chi connectivity index (χ0) is 15.7. The molecule has 0 heterocycles. The van der Waals surface area contributed by atoms with Crippen LogP contribution in [0.4, 0.5) is 5.69 Å². The molecule has 5 heteroatoms. The number of phenols is 1. The number of halogens is 2. The predicted molar refractivity (Wildman–Crippen MR) is 88.7 cm³/mol. The summed E-state index contributed by atoms with van der Waals surface area (Å²) in [4.78, 5) is 12.8. The SMILES string of the molecule is O=C(Nc1cccc(O)c1)C1(c2ccc(Cl)cc2Cl)CCC1. The third kappa shape index (κ3) is 2.67. The van der Waals surface area contributed by atoms with Crippen LogP contribution in [0.2, 0.25) is 10.0 Å². The molecule has 3 rings (SSSR count). The predicted octanol–water partition coefficient (Wildman–Crippen LogP) is 4.76. The van der Waals surface area contributed by atoms with Crippen molar-refractivity contribution >= 4 is 34.8 Å². The second-order valence-corrected chi connectivity index (χ2v) is 6.41. The molecule has 0 bridgehead atoms. The van der Waals surface area contributed by atoms with Crippen molar-refractivity contribution < 1.29 is 9.90 Å². The summed E-state index contributed by atoms with van der Waals surface area (Å²) in [6.07, 6.45) is 2.48. The lowest BCUT2D eigenvalue weighted by atomic mass is 9.63. The first-order chi connectivity index (χ1) is 10.5. The van der Waals surface area contributed by atoms with Crippen LogP contribution in [0.25, 0.3) is 0 Å². The number of rotatable bonds is 3. The Bertz CT molecular complexity index is 726. The van der Waals surface area contributed by atoms with E-state index in [-0.39, 0.29) is 11.7 Å². The number of nitrogens with one attached hydrogen (secondary N) is 1. The number of benzene rings is 2. The van der Waals surface area contributed by atoms with Gasteiger partial charge in [0.15, 0.2) is 0 Å². The Labute approximate surface area is 138 Å². The average molecular weight is 336 g/mol. The van der Waals surface area contributed by atoms with Gasteiger partial charge < -0.3 is 10.4 Å². The summed E-state index contributed by atoms with van der Waals surface area (Å²) in [6, 6.07) is 11.8. The molecular weight excluding hydrogens is 321 g/mol. The number of aromatic hydroxyl groups is 1. The molecule has 0 spiro atoms. The number of hydrogen-bond acceptors (Lipinski definition) is 2. The van der Waals surface area contributed by atoms with Crippen molar-refractivity contribution in [2.24, 2.45) is 0 Å². The van der Waals surface area contributed by atoms with Gasteiger partial charge in [0.1, 0.15) is 5.75 Å². The fourth-order valence-electron chi connectivity index (χ4n) is 2.86. The maximum absolute atomic E-state index is 12.8. The Balaban J connectivity index is 1.91. The van der Waals surface area contributed by atoms with E-state index in [0.29, 0.717) is 15.7 Å². The van der Waals surface area contributed by atoms with Gasteiger partial charge in [0, 0.05) is 21.8 Å². The molecule has 1 amide bonds. The molecule has 0 unspecified atom stereocenters. The zero-order valence-corrected chi connectivity index (χ0v) is 13.3. The highest BCUT2D eigenvalue weighted by Crippen LogP contribution is 2.47. The molecule has 2 aromatic carbocycles. The van der Waals surface area contributed by atoms with Gasteiger partial charge in [-0.3, -0.25) is 4.79 Å². The number of phenolic OH excluding ortho intramolecular Hbond substituents is 1. The smallest absolute Gasteiger partial charge is 0.235 e. The van der Waals surface area contributed by atoms with Crippen LogP contribution in [0.15, 0.2) is 42.5 Å². The number of amides is 1. The normalized spacial score (nSPS) is 15.9. The molecule has 22 heavy (non-hydrogen) atoms. The summed E-state index contributed by atoms with van der Waals surface area (Å²) < 4.78 is 0. The van der Waals surface area contributed by atoms with Crippen molar-refractivity contribution in [3.05, 3.63) is 58.1 Å². The summed E-state index contributed by atoms with van der Waals surface area (Å²) in [5.74, 6) is 0.0126. The zero-order valence-electron chi connectivity index (χ0n) is 11.8. The summed E-state index contributed by atoms with van der Waals surface area (Å²) >= 11 is 12.2. The summed E-state index contributed by atoms with van der Waals surface area (Å²) in [5.41, 5.74) is 0.761. The van der Waals surface area contributed by atoms with Gasteiger partial charge in [0.05, 0.1) is 5.41 Å². The highest BCUT2D eigenvalue weighted by Gasteiger charge is 2.46. The second kappa shape index (κ2) is 5.82. The van der Waals surface area contributed by atoms with Crippen LogP contribution in [-0.2, 0) is 10.2 Å². The molecule has 1 aliphatic carbocycles. The van der Waals surface area contributed by atoms with Gasteiger partial charge in [-0.05, 0) is 42.7 Å². The Morgan fingerprint density at radius 2 is 1.91 bits per heavy atom. The fourth-order valence-corrected chi connectivity index (χ4v) is 3.45. The van der Waals surface area contributed by atoms with Crippen LogP contribution in [0, 0.1) is 0 Å². The molecule has 0 radical (unpaired) electrons. The van der Waals surface area contributed by atoms with E-state index >= 15 is 0 Å². The lowest BCUT2D eigenvalue weighted by Crippen LogP contribution is -2.46. The van der Waals surface area contributed by atoms with Gasteiger partial charge in [-0.1, -0.05) is 41.8 Å². The van der Waals surface area contributed by atoms with Crippen molar-refractivity contribution in [3.8, 4) is 5.75 Å². The van der Waals surface area contributed by atoms with Gasteiger partial charge in [-0.15, -0.1) is 0 Å². The number of carbonyl (C=O) groups excluding carboxylic acids is 1. The molecule has 114 valence electrons. The summed E-state index contributed by atoms with van der Waals surface area (Å²) in [5, 5.41) is 13.4. The standard InChI is InChI=1S/C17H15Cl2NO2/c18-11-5-6-14(15(19)9-11)17(7-2-8-17)16(22)20-12-3-1-4-13(21)10-12/h1,3-6,9-10,21H,2,7-8H2,(H,20,22). The van der Waals surface area contributed by atoms with Gasteiger partial charge in [0.25, 0.3) is 0 Å². The van der Waals surface area contributed by atoms with Crippen molar-refractivity contribution in [2.45, 2.75) is 24.7 Å². The van der Waals surface area contributed by atoms with Gasteiger partial charge >= 0.3 is 0 Å². The third-order valence-corrected chi connectivity index (χ3v) is 4.74. The van der Waals surface area contributed by atoms with Crippen LogP contribution in [-0.4, -0.2) is 11.0 Å².